The lowest BCUT2D eigenvalue weighted by Gasteiger charge is -2.14. The van der Waals surface area contributed by atoms with Gasteiger partial charge in [-0.2, -0.15) is 0 Å². The zero-order chi connectivity index (χ0) is 14.9. The minimum Gasteiger partial charge on any atom is -0.388 e. The molecule has 0 heterocycles. The molecule has 2 rings (SSSR count). The summed E-state index contributed by atoms with van der Waals surface area (Å²) < 4.78 is 14.4. The molecule has 2 aromatic rings. The first-order chi connectivity index (χ1) is 9.40. The average molecular weight is 398 g/mol. The molecule has 0 aliphatic rings. The van der Waals surface area contributed by atoms with Gasteiger partial charge in [-0.25, -0.2) is 4.39 Å². The van der Waals surface area contributed by atoms with Crippen molar-refractivity contribution < 1.29 is 9.50 Å². The van der Waals surface area contributed by atoms with Crippen molar-refractivity contribution in [2.75, 3.05) is 0 Å². The van der Waals surface area contributed by atoms with Crippen LogP contribution in [0.3, 0.4) is 0 Å². The van der Waals surface area contributed by atoms with Gasteiger partial charge in [-0.3, -0.25) is 0 Å². The van der Waals surface area contributed by atoms with Gasteiger partial charge in [-0.05, 0) is 39.7 Å². The van der Waals surface area contributed by atoms with Gasteiger partial charge in [0.2, 0.25) is 0 Å². The van der Waals surface area contributed by atoms with Crippen molar-refractivity contribution in [1.29, 1.82) is 0 Å². The van der Waals surface area contributed by atoms with Crippen LogP contribution in [0.2, 0.25) is 15.1 Å². The lowest BCUT2D eigenvalue weighted by molar-refractivity contribution is 0.173. The Morgan fingerprint density at radius 3 is 2.45 bits per heavy atom. The third-order valence-electron chi connectivity index (χ3n) is 2.84. The molecule has 0 saturated carbocycles. The number of aliphatic hydroxyl groups excluding tert-OH is 1. The number of hydrogen-bond donors (Lipinski definition) is 1. The van der Waals surface area contributed by atoms with Gasteiger partial charge in [0.25, 0.3) is 0 Å². The van der Waals surface area contributed by atoms with Crippen LogP contribution in [0.15, 0.2) is 34.8 Å². The van der Waals surface area contributed by atoms with Gasteiger partial charge in [0, 0.05) is 16.5 Å². The van der Waals surface area contributed by atoms with Crippen molar-refractivity contribution in [3.63, 3.8) is 0 Å². The van der Waals surface area contributed by atoms with E-state index in [4.69, 9.17) is 34.8 Å². The van der Waals surface area contributed by atoms with Gasteiger partial charge in [-0.15, -0.1) is 0 Å². The summed E-state index contributed by atoms with van der Waals surface area (Å²) in [4.78, 5) is 0. The molecule has 1 unspecified atom stereocenters. The molecule has 1 nitrogen and oxygen atoms in total. The summed E-state index contributed by atoms with van der Waals surface area (Å²) >= 11 is 20.7. The summed E-state index contributed by atoms with van der Waals surface area (Å²) in [6.45, 7) is 0. The molecule has 0 radical (unpaired) electrons. The molecule has 0 amide bonds. The van der Waals surface area contributed by atoms with Crippen molar-refractivity contribution in [2.24, 2.45) is 0 Å². The van der Waals surface area contributed by atoms with Crippen molar-refractivity contribution >= 4 is 50.7 Å². The molecular weight excluding hydrogens is 389 g/mol. The topological polar surface area (TPSA) is 20.2 Å². The molecule has 2 aromatic carbocycles. The molecule has 0 aliphatic heterocycles. The maximum absolute atomic E-state index is 14.0. The molecule has 0 aromatic heterocycles. The van der Waals surface area contributed by atoms with Crippen molar-refractivity contribution in [3.8, 4) is 0 Å². The normalized spacial score (nSPS) is 12.5. The average Bonchev–Trinajstić information content (AvgIpc) is 2.40. The summed E-state index contributed by atoms with van der Waals surface area (Å²) in [7, 11) is 0. The molecule has 0 bridgehead atoms. The van der Waals surface area contributed by atoms with E-state index in [2.05, 4.69) is 15.9 Å². The van der Waals surface area contributed by atoms with Crippen LogP contribution in [0.5, 0.6) is 0 Å². The van der Waals surface area contributed by atoms with E-state index in [1.807, 2.05) is 0 Å². The van der Waals surface area contributed by atoms with Gasteiger partial charge < -0.3 is 5.11 Å². The summed E-state index contributed by atoms with van der Waals surface area (Å²) in [6.07, 6.45) is -0.802. The van der Waals surface area contributed by atoms with E-state index in [9.17, 15) is 9.50 Å². The molecule has 1 atom stereocenters. The minimum atomic E-state index is -1.02. The quantitative estimate of drug-likeness (QED) is 0.646. The van der Waals surface area contributed by atoms with E-state index >= 15 is 0 Å². The van der Waals surface area contributed by atoms with Gasteiger partial charge in [0.15, 0.2) is 0 Å². The Labute approximate surface area is 139 Å². The highest BCUT2D eigenvalue weighted by Crippen LogP contribution is 2.32. The predicted octanol–water partition coefficient (Wildman–Crippen LogP) is 5.82. The summed E-state index contributed by atoms with van der Waals surface area (Å²) in [5, 5.41) is 10.9. The fourth-order valence-corrected chi connectivity index (χ4v) is 2.60. The highest BCUT2D eigenvalue weighted by Gasteiger charge is 2.17. The second-order valence-electron chi connectivity index (χ2n) is 4.23. The smallest absolute Gasteiger partial charge is 0.148 e. The highest BCUT2D eigenvalue weighted by atomic mass is 79.9. The van der Waals surface area contributed by atoms with E-state index in [0.29, 0.717) is 14.5 Å². The van der Waals surface area contributed by atoms with E-state index in [1.54, 1.807) is 24.3 Å². The van der Waals surface area contributed by atoms with Crippen LogP contribution in [-0.4, -0.2) is 5.11 Å². The van der Waals surface area contributed by atoms with Crippen LogP contribution in [-0.2, 0) is 6.42 Å². The Bertz CT molecular complexity index is 649. The van der Waals surface area contributed by atoms with Crippen LogP contribution in [0, 0.1) is 5.82 Å². The summed E-state index contributed by atoms with van der Waals surface area (Å²) in [5.41, 5.74) is 0.898. The first-order valence-corrected chi connectivity index (χ1v) is 7.58. The molecule has 0 saturated heterocycles. The number of rotatable bonds is 3. The number of aliphatic hydroxyl groups is 1. The van der Waals surface area contributed by atoms with Gasteiger partial charge in [0.05, 0.1) is 21.2 Å². The molecule has 0 spiro atoms. The Morgan fingerprint density at radius 2 is 1.80 bits per heavy atom. The molecule has 6 heteroatoms. The zero-order valence-corrected chi connectivity index (χ0v) is 13.9. The molecule has 0 aliphatic carbocycles. The third kappa shape index (κ3) is 3.46. The number of hydrogen-bond acceptors (Lipinski definition) is 1. The highest BCUT2D eigenvalue weighted by molar-refractivity contribution is 9.10. The van der Waals surface area contributed by atoms with Gasteiger partial charge in [-0.1, -0.05) is 46.9 Å². The van der Waals surface area contributed by atoms with E-state index in [0.717, 1.165) is 5.56 Å². The number of benzene rings is 2. The van der Waals surface area contributed by atoms with E-state index in [-0.39, 0.29) is 17.0 Å². The molecule has 20 heavy (non-hydrogen) atoms. The molecular formula is C14H9BrCl3FO. The fraction of sp³-hybridized carbons (Fsp3) is 0.143. The van der Waals surface area contributed by atoms with E-state index in [1.165, 1.54) is 6.07 Å². The first kappa shape index (κ1) is 16.1. The lowest BCUT2D eigenvalue weighted by atomic mass is 10.0. The van der Waals surface area contributed by atoms with Gasteiger partial charge in [0.1, 0.15) is 5.82 Å². The Hall–Kier alpha value is -0.320. The maximum Gasteiger partial charge on any atom is 0.148 e. The van der Waals surface area contributed by atoms with Crippen molar-refractivity contribution in [1.82, 2.24) is 0 Å². The zero-order valence-electron chi connectivity index (χ0n) is 10.0. The van der Waals surface area contributed by atoms with Crippen LogP contribution in [0.25, 0.3) is 0 Å². The second-order valence-corrected chi connectivity index (χ2v) is 6.28. The van der Waals surface area contributed by atoms with Crippen LogP contribution in [0.1, 0.15) is 17.2 Å². The van der Waals surface area contributed by atoms with E-state index < -0.39 is 11.9 Å². The largest absolute Gasteiger partial charge is 0.388 e. The Morgan fingerprint density at radius 1 is 1.10 bits per heavy atom. The predicted molar refractivity (Wildman–Crippen MR) is 84.2 cm³/mol. The SMILES string of the molecule is OC(Cc1ccc(Cl)c(Cl)c1)c1ccc(Br)c(Cl)c1F. The standard InChI is InChI=1S/C14H9BrCl3FO/c15-9-3-2-8(14(19)13(9)18)12(20)6-7-1-4-10(16)11(17)5-7/h1-5,12,20H,6H2. The maximum atomic E-state index is 14.0. The minimum absolute atomic E-state index is 0.0457. The molecule has 106 valence electrons. The Kier molecular flexibility index (Phi) is 5.32. The van der Waals surface area contributed by atoms with Crippen molar-refractivity contribution in [2.45, 2.75) is 12.5 Å². The monoisotopic (exact) mass is 396 g/mol. The van der Waals surface area contributed by atoms with Crippen LogP contribution >= 0.6 is 50.7 Å². The molecule has 0 fully saturated rings. The Balaban J connectivity index is 2.26. The van der Waals surface area contributed by atoms with Crippen LogP contribution in [0.4, 0.5) is 4.39 Å². The van der Waals surface area contributed by atoms with Crippen molar-refractivity contribution in [3.05, 3.63) is 66.8 Å². The lowest BCUT2D eigenvalue weighted by Crippen LogP contribution is -2.05. The summed E-state index contributed by atoms with van der Waals surface area (Å²) in [6, 6.07) is 8.10. The van der Waals surface area contributed by atoms with Gasteiger partial charge >= 0.3 is 0 Å². The fourth-order valence-electron chi connectivity index (χ4n) is 1.80. The second kappa shape index (κ2) is 6.63. The first-order valence-electron chi connectivity index (χ1n) is 5.65. The third-order valence-corrected chi connectivity index (χ3v) is 4.83. The van der Waals surface area contributed by atoms with Crippen LogP contribution < -0.4 is 0 Å². The number of halogens is 5. The summed E-state index contributed by atoms with van der Waals surface area (Å²) in [5.74, 6) is -0.631. The molecule has 1 N–H and O–H groups in total.